The molecule has 0 N–H and O–H groups in total. The molecule has 90 valence electrons. The van der Waals surface area contributed by atoms with Crippen LogP contribution in [0.2, 0.25) is 0 Å². The highest BCUT2D eigenvalue weighted by molar-refractivity contribution is 5.73. The Kier molecular flexibility index (Phi) is 3.91. The van der Waals surface area contributed by atoms with Gasteiger partial charge in [-0.1, -0.05) is 30.3 Å². The molecule has 3 heteroatoms. The molecule has 0 spiro atoms. The number of ether oxygens (including phenoxy) is 1. The number of carbonyl (C=O) groups excluding carboxylic acids is 1. The molecular formula is C14H17NO2. The summed E-state index contributed by atoms with van der Waals surface area (Å²) in [5.41, 5.74) is 1.03. The van der Waals surface area contributed by atoms with Crippen LogP contribution in [0.1, 0.15) is 18.4 Å². The summed E-state index contributed by atoms with van der Waals surface area (Å²) in [7, 11) is 0. The van der Waals surface area contributed by atoms with Gasteiger partial charge in [0.25, 0.3) is 0 Å². The number of nitrogens with zero attached hydrogens (tertiary/aromatic N) is 1. The number of aliphatic imine (C=N–C) groups is 1. The van der Waals surface area contributed by atoms with Crippen LogP contribution in [0.3, 0.4) is 0 Å². The summed E-state index contributed by atoms with van der Waals surface area (Å²) in [5.74, 6) is 0.529. The van der Waals surface area contributed by atoms with Gasteiger partial charge in [-0.2, -0.15) is 0 Å². The number of esters is 1. The Bertz CT molecular complexity index is 382. The highest BCUT2D eigenvalue weighted by atomic mass is 16.5. The Hall–Kier alpha value is -1.64. The van der Waals surface area contributed by atoms with Crippen molar-refractivity contribution in [3.05, 3.63) is 35.9 Å². The van der Waals surface area contributed by atoms with Crippen molar-refractivity contribution in [3.8, 4) is 0 Å². The summed E-state index contributed by atoms with van der Waals surface area (Å²) in [4.78, 5) is 15.5. The van der Waals surface area contributed by atoms with Gasteiger partial charge >= 0.3 is 5.97 Å². The molecule has 0 saturated heterocycles. The third-order valence-corrected chi connectivity index (χ3v) is 3.18. The lowest BCUT2D eigenvalue weighted by molar-refractivity contribution is -0.154. The van der Waals surface area contributed by atoms with Gasteiger partial charge in [0.1, 0.15) is 6.61 Å². The van der Waals surface area contributed by atoms with Gasteiger partial charge in [-0.05, 0) is 31.0 Å². The minimum atomic E-state index is -0.0748. The van der Waals surface area contributed by atoms with Crippen LogP contribution >= 0.6 is 0 Å². The molecule has 0 amide bonds. The molecule has 17 heavy (non-hydrogen) atoms. The summed E-state index contributed by atoms with van der Waals surface area (Å²) in [6, 6.07) is 9.75. The van der Waals surface area contributed by atoms with Crippen molar-refractivity contribution in [1.82, 2.24) is 0 Å². The third kappa shape index (κ3) is 3.16. The average Bonchev–Trinajstić information content (AvgIpc) is 2.31. The Morgan fingerprint density at radius 3 is 2.71 bits per heavy atom. The quantitative estimate of drug-likeness (QED) is 0.576. The van der Waals surface area contributed by atoms with Crippen LogP contribution in [-0.2, 0) is 16.1 Å². The highest BCUT2D eigenvalue weighted by Crippen LogP contribution is 2.34. The molecular weight excluding hydrogens is 214 g/mol. The maximum atomic E-state index is 11.7. The Morgan fingerprint density at radius 1 is 1.35 bits per heavy atom. The first-order valence-corrected chi connectivity index (χ1v) is 5.92. The van der Waals surface area contributed by atoms with E-state index in [2.05, 4.69) is 11.7 Å². The summed E-state index contributed by atoms with van der Waals surface area (Å²) in [6.45, 7) is 4.60. The van der Waals surface area contributed by atoms with Gasteiger partial charge in [-0.3, -0.25) is 4.79 Å². The number of benzene rings is 1. The molecule has 3 nitrogen and oxygen atoms in total. The van der Waals surface area contributed by atoms with Gasteiger partial charge in [-0.15, -0.1) is 0 Å². The Labute approximate surface area is 102 Å². The summed E-state index contributed by atoms with van der Waals surface area (Å²) >= 11 is 0. The number of carbonyl (C=O) groups is 1. The van der Waals surface area contributed by atoms with Crippen LogP contribution in [0.5, 0.6) is 0 Å². The maximum Gasteiger partial charge on any atom is 0.309 e. The van der Waals surface area contributed by atoms with E-state index in [-0.39, 0.29) is 11.9 Å². The van der Waals surface area contributed by atoms with E-state index in [1.807, 2.05) is 30.3 Å². The second-order valence-corrected chi connectivity index (χ2v) is 4.53. The monoisotopic (exact) mass is 231 g/mol. The molecule has 0 aliphatic heterocycles. The second-order valence-electron chi connectivity index (χ2n) is 4.53. The fraction of sp³-hybridized carbons (Fsp3) is 0.429. The molecule has 1 aromatic carbocycles. The average molecular weight is 231 g/mol. The van der Waals surface area contributed by atoms with Crippen LogP contribution < -0.4 is 0 Å². The van der Waals surface area contributed by atoms with Crippen molar-refractivity contribution in [1.29, 1.82) is 0 Å². The smallest absolute Gasteiger partial charge is 0.309 e. The fourth-order valence-electron chi connectivity index (χ4n) is 2.11. The standard InChI is InChI=1S/C14H17NO2/c1-15-9-12-7-13(8-12)14(16)17-10-11-5-3-2-4-6-11/h2-6,12-13H,1,7-10H2/t12-,13-. The molecule has 1 fully saturated rings. The van der Waals surface area contributed by atoms with Crippen LogP contribution in [-0.4, -0.2) is 19.2 Å². The molecule has 1 aliphatic rings. The SMILES string of the molecule is C=NC[C@H]1C[C@H](C(=O)OCc2ccccc2)C1. The molecule has 0 heterocycles. The predicted molar refractivity (Wildman–Crippen MR) is 66.9 cm³/mol. The first kappa shape index (κ1) is 11.8. The van der Waals surface area contributed by atoms with E-state index in [9.17, 15) is 4.79 Å². The summed E-state index contributed by atoms with van der Waals surface area (Å²) in [6.07, 6.45) is 1.79. The van der Waals surface area contributed by atoms with Crippen molar-refractivity contribution in [2.45, 2.75) is 19.4 Å². The molecule has 2 rings (SSSR count). The first-order valence-electron chi connectivity index (χ1n) is 5.92. The largest absolute Gasteiger partial charge is 0.461 e. The summed E-state index contributed by atoms with van der Waals surface area (Å²) < 4.78 is 5.27. The molecule has 1 aliphatic carbocycles. The van der Waals surface area contributed by atoms with Crippen molar-refractivity contribution in [2.75, 3.05) is 6.54 Å². The molecule has 0 atom stereocenters. The van der Waals surface area contributed by atoms with Gasteiger partial charge in [0.05, 0.1) is 5.92 Å². The molecule has 0 unspecified atom stereocenters. The molecule has 1 saturated carbocycles. The predicted octanol–water partition coefficient (Wildman–Crippen LogP) is 2.46. The fourth-order valence-corrected chi connectivity index (χ4v) is 2.11. The Morgan fingerprint density at radius 2 is 2.06 bits per heavy atom. The molecule has 0 aromatic heterocycles. The lowest BCUT2D eigenvalue weighted by atomic mass is 9.75. The summed E-state index contributed by atoms with van der Waals surface area (Å²) in [5, 5.41) is 0. The van der Waals surface area contributed by atoms with Crippen LogP contribution in [0.15, 0.2) is 35.3 Å². The van der Waals surface area contributed by atoms with E-state index in [0.29, 0.717) is 12.5 Å². The van der Waals surface area contributed by atoms with E-state index < -0.39 is 0 Å². The highest BCUT2D eigenvalue weighted by Gasteiger charge is 2.35. The van der Waals surface area contributed by atoms with Crippen molar-refractivity contribution >= 4 is 12.7 Å². The number of hydrogen-bond donors (Lipinski definition) is 0. The number of hydrogen-bond acceptors (Lipinski definition) is 3. The van der Waals surface area contributed by atoms with Gasteiger partial charge in [-0.25, -0.2) is 0 Å². The van der Waals surface area contributed by atoms with Crippen LogP contribution in [0.25, 0.3) is 0 Å². The molecule has 0 bridgehead atoms. The zero-order valence-electron chi connectivity index (χ0n) is 9.84. The van der Waals surface area contributed by atoms with Crippen LogP contribution in [0.4, 0.5) is 0 Å². The van der Waals surface area contributed by atoms with E-state index in [4.69, 9.17) is 4.74 Å². The van der Waals surface area contributed by atoms with E-state index in [1.165, 1.54) is 0 Å². The van der Waals surface area contributed by atoms with E-state index in [0.717, 1.165) is 24.9 Å². The van der Waals surface area contributed by atoms with Gasteiger partial charge in [0, 0.05) is 6.54 Å². The Balaban J connectivity index is 1.71. The minimum Gasteiger partial charge on any atom is -0.461 e. The normalized spacial score (nSPS) is 22.6. The minimum absolute atomic E-state index is 0.0745. The van der Waals surface area contributed by atoms with E-state index >= 15 is 0 Å². The lowest BCUT2D eigenvalue weighted by Crippen LogP contribution is -2.33. The number of rotatable bonds is 5. The van der Waals surface area contributed by atoms with Crippen molar-refractivity contribution < 1.29 is 9.53 Å². The molecule has 1 aromatic rings. The third-order valence-electron chi connectivity index (χ3n) is 3.18. The van der Waals surface area contributed by atoms with Crippen molar-refractivity contribution in [3.63, 3.8) is 0 Å². The topological polar surface area (TPSA) is 38.7 Å². The van der Waals surface area contributed by atoms with Gasteiger partial charge < -0.3 is 9.73 Å². The van der Waals surface area contributed by atoms with Crippen LogP contribution in [0, 0.1) is 11.8 Å². The van der Waals surface area contributed by atoms with Gasteiger partial charge in [0.15, 0.2) is 0 Å². The van der Waals surface area contributed by atoms with Crippen molar-refractivity contribution in [2.24, 2.45) is 16.8 Å². The van der Waals surface area contributed by atoms with E-state index in [1.54, 1.807) is 0 Å². The van der Waals surface area contributed by atoms with Gasteiger partial charge in [0.2, 0.25) is 0 Å². The molecule has 0 radical (unpaired) electrons. The second kappa shape index (κ2) is 5.62. The zero-order valence-corrected chi connectivity index (χ0v) is 9.84. The zero-order chi connectivity index (χ0) is 12.1. The maximum absolute atomic E-state index is 11.7. The lowest BCUT2D eigenvalue weighted by Gasteiger charge is -2.32. The first-order chi connectivity index (χ1) is 8.29.